The van der Waals surface area contributed by atoms with Crippen LogP contribution in [0.4, 0.5) is 0 Å². The molecule has 0 saturated heterocycles. The molecule has 0 N–H and O–H groups in total. The number of unbranched alkanes of at least 4 members (excludes halogenated alkanes) is 1. The van der Waals surface area contributed by atoms with Crippen molar-refractivity contribution in [3.05, 3.63) is 21.3 Å². The van der Waals surface area contributed by atoms with Gasteiger partial charge in [-0.15, -0.1) is 0 Å². The van der Waals surface area contributed by atoms with E-state index in [1.807, 2.05) is 6.92 Å². The molecule has 0 heterocycles. The van der Waals surface area contributed by atoms with Gasteiger partial charge in [0, 0.05) is 0 Å². The van der Waals surface area contributed by atoms with Gasteiger partial charge in [-0.3, -0.25) is 0 Å². The molecule has 1 atom stereocenters. The van der Waals surface area contributed by atoms with Crippen molar-refractivity contribution in [2.45, 2.75) is 60.3 Å². The van der Waals surface area contributed by atoms with E-state index in [9.17, 15) is 4.79 Å². The average Bonchev–Trinajstić information content (AvgIpc) is 2.36. The normalized spacial score (nSPS) is 21.1. The summed E-state index contributed by atoms with van der Waals surface area (Å²) in [6, 6.07) is 0. The van der Waals surface area contributed by atoms with Crippen LogP contribution in [-0.2, 0) is 4.79 Å². The van der Waals surface area contributed by atoms with Crippen LogP contribution in [0, 0.1) is 5.92 Å². The van der Waals surface area contributed by atoms with Gasteiger partial charge in [0.25, 0.3) is 0 Å². The maximum atomic E-state index is 11.5. The van der Waals surface area contributed by atoms with Crippen LogP contribution in [0.5, 0.6) is 0 Å². The van der Waals surface area contributed by atoms with Crippen LogP contribution in [0.3, 0.4) is 0 Å². The monoisotopic (exact) mass is 404 g/mol. The topological polar surface area (TPSA) is 17.1 Å². The summed E-state index contributed by atoms with van der Waals surface area (Å²) in [7, 11) is 0. The first-order valence-electron chi connectivity index (χ1n) is 7.81. The Balaban J connectivity index is 2.65. The van der Waals surface area contributed by atoms with E-state index in [-0.39, 0.29) is 0 Å². The predicted molar refractivity (Wildman–Crippen MR) is 92.1 cm³/mol. The molecule has 0 fully saturated rings. The number of ketones is 1. The van der Waals surface area contributed by atoms with Crippen molar-refractivity contribution in [3.63, 3.8) is 0 Å². The second-order valence-electron chi connectivity index (χ2n) is 6.93. The third-order valence-electron chi connectivity index (χ3n) is 4.13. The Morgan fingerprint density at radius 1 is 1.40 bits per heavy atom. The fourth-order valence-corrected chi connectivity index (χ4v) is 7.63. The van der Waals surface area contributed by atoms with Crippen LogP contribution >= 0.6 is 11.6 Å². The first-order valence-corrected chi connectivity index (χ1v) is 18.3. The summed E-state index contributed by atoms with van der Waals surface area (Å²) in [5, 5.41) is 0. The first kappa shape index (κ1) is 18.3. The van der Waals surface area contributed by atoms with Crippen molar-refractivity contribution in [3.8, 4) is 0 Å². The third-order valence-corrected chi connectivity index (χ3v) is 11.2. The molecule has 0 saturated carbocycles. The molecule has 3 heteroatoms. The Kier molecular flexibility index (Phi) is 7.89. The summed E-state index contributed by atoms with van der Waals surface area (Å²) >= 11 is 3.82. The van der Waals surface area contributed by atoms with E-state index < -0.39 is 18.4 Å². The summed E-state index contributed by atoms with van der Waals surface area (Å²) in [6.45, 7) is 1.96. The van der Waals surface area contributed by atoms with Crippen molar-refractivity contribution in [1.82, 2.24) is 0 Å². The van der Waals surface area contributed by atoms with E-state index >= 15 is 0 Å². The average molecular weight is 404 g/mol. The predicted octanol–water partition coefficient (Wildman–Crippen LogP) is 5.51. The van der Waals surface area contributed by atoms with E-state index in [4.69, 9.17) is 11.6 Å². The molecule has 20 heavy (non-hydrogen) atoms. The summed E-state index contributed by atoms with van der Waals surface area (Å²) in [5.41, 5.74) is 0.970. The zero-order valence-corrected chi connectivity index (χ0v) is 17.1. The Morgan fingerprint density at radius 2 is 2.10 bits per heavy atom. The van der Waals surface area contributed by atoms with E-state index in [0.717, 1.165) is 37.1 Å². The molecule has 0 aromatic rings. The van der Waals surface area contributed by atoms with Crippen LogP contribution < -0.4 is 0 Å². The zero-order chi connectivity index (χ0) is 15.2. The molecule has 1 nitrogen and oxygen atoms in total. The van der Waals surface area contributed by atoms with Crippen molar-refractivity contribution in [2.75, 3.05) is 5.88 Å². The van der Waals surface area contributed by atoms with Gasteiger partial charge < -0.3 is 0 Å². The number of alkyl halides is 1. The Bertz CT molecular complexity index is 390. The van der Waals surface area contributed by atoms with Crippen LogP contribution in [0.25, 0.3) is 0 Å². The molecule has 0 bridgehead atoms. The summed E-state index contributed by atoms with van der Waals surface area (Å²) in [6.07, 6.45) is 11.2. The van der Waals surface area contributed by atoms with Gasteiger partial charge in [-0.25, -0.2) is 0 Å². The van der Waals surface area contributed by atoms with Crippen molar-refractivity contribution in [1.29, 1.82) is 0 Å². The number of hydrogen-bond acceptors (Lipinski definition) is 1. The maximum absolute atomic E-state index is 11.5. The minimum atomic E-state index is -1.97. The molecular weight excluding hydrogens is 374 g/mol. The van der Waals surface area contributed by atoms with Crippen LogP contribution in [-0.4, -0.2) is 30.0 Å². The number of rotatable bonds is 7. The molecule has 1 unspecified atom stereocenters. The molecule has 0 amide bonds. The van der Waals surface area contributed by atoms with Crippen molar-refractivity contribution >= 4 is 35.8 Å². The van der Waals surface area contributed by atoms with Gasteiger partial charge in [-0.05, 0) is 0 Å². The van der Waals surface area contributed by atoms with E-state index in [1.54, 1.807) is 3.59 Å². The summed E-state index contributed by atoms with van der Waals surface area (Å²) in [5.74, 6) is 1.69. The number of carbonyl (C=O) groups excluding carboxylic acids is 1. The number of halogens is 1. The Morgan fingerprint density at radius 3 is 2.65 bits per heavy atom. The fourth-order valence-electron chi connectivity index (χ4n) is 2.72. The van der Waals surface area contributed by atoms with E-state index in [1.165, 1.54) is 12.8 Å². The van der Waals surface area contributed by atoms with Crippen LogP contribution in [0.2, 0.25) is 14.8 Å². The van der Waals surface area contributed by atoms with Gasteiger partial charge in [-0.2, -0.15) is 0 Å². The second-order valence-corrected chi connectivity index (χ2v) is 22.0. The summed E-state index contributed by atoms with van der Waals surface area (Å²) < 4.78 is 1.74. The number of Topliss-reactive ketones (excluding diaryl/α,β-unsaturated/α-hetero) is 1. The van der Waals surface area contributed by atoms with Gasteiger partial charge in [0.2, 0.25) is 0 Å². The molecule has 1 aliphatic rings. The third kappa shape index (κ3) is 6.34. The molecule has 0 radical (unpaired) electrons. The van der Waals surface area contributed by atoms with Gasteiger partial charge >= 0.3 is 134 Å². The second kappa shape index (κ2) is 8.63. The van der Waals surface area contributed by atoms with Crippen molar-refractivity contribution < 1.29 is 4.79 Å². The first-order chi connectivity index (χ1) is 9.34. The SMILES string of the molecule is CC1=CC(C/C=[C](/CCCCCl)[Sn]([CH3])([CH3])[CH3])CCC1=O. The fraction of sp³-hybridized carbons (Fsp3) is 0.706. The number of carbonyl (C=O) groups is 1. The van der Waals surface area contributed by atoms with Gasteiger partial charge in [0.05, 0.1) is 0 Å². The molecule has 0 aliphatic heterocycles. The molecule has 0 aromatic heterocycles. The van der Waals surface area contributed by atoms with E-state index in [0.29, 0.717) is 11.7 Å². The molecule has 0 aromatic carbocycles. The van der Waals surface area contributed by atoms with E-state index in [2.05, 4.69) is 27.0 Å². The van der Waals surface area contributed by atoms with Gasteiger partial charge in [-0.1, -0.05) is 0 Å². The molecule has 0 spiro atoms. The summed E-state index contributed by atoms with van der Waals surface area (Å²) in [4.78, 5) is 19.0. The number of allylic oxidation sites excluding steroid dienone is 4. The zero-order valence-electron chi connectivity index (χ0n) is 13.5. The molecular formula is C17H29ClOSn. The number of hydrogen-bond donors (Lipinski definition) is 0. The molecule has 1 rings (SSSR count). The standard InChI is InChI=1S/C14H20ClO.3CH3.Sn/c1-12-11-13(8-9-14(12)16)7-5-3-2-4-6-10-15;;;;/h5,11,13H,2,4,6-10H2,1H3;3*1H3;. The minimum absolute atomic E-state index is 0.336. The van der Waals surface area contributed by atoms with Crippen LogP contribution in [0.1, 0.15) is 45.4 Å². The van der Waals surface area contributed by atoms with Gasteiger partial charge in [0.15, 0.2) is 0 Å². The molecule has 114 valence electrons. The van der Waals surface area contributed by atoms with Crippen LogP contribution in [0.15, 0.2) is 21.3 Å². The molecule has 1 aliphatic carbocycles. The van der Waals surface area contributed by atoms with Gasteiger partial charge in [0.1, 0.15) is 0 Å². The quantitative estimate of drug-likeness (QED) is 0.311. The Hall–Kier alpha value is 0.239. The Labute approximate surface area is 133 Å². The van der Waals surface area contributed by atoms with Crippen molar-refractivity contribution in [2.24, 2.45) is 5.92 Å².